The number of aromatic nitrogens is 3. The number of hydrogen-bond donors (Lipinski definition) is 2. The Morgan fingerprint density at radius 2 is 1.48 bits per heavy atom. The van der Waals surface area contributed by atoms with Crippen molar-refractivity contribution in [2.75, 3.05) is 67.8 Å². The second-order valence-electron chi connectivity index (χ2n) is 7.16. The maximum absolute atomic E-state index is 12.3. The average Bonchev–Trinajstić information content (AvgIpc) is 3.12. The summed E-state index contributed by atoms with van der Waals surface area (Å²) in [6.45, 7) is 5.24. The summed E-state index contributed by atoms with van der Waals surface area (Å²) in [5.74, 6) is 1.02. The van der Waals surface area contributed by atoms with Crippen LogP contribution in [0, 0.1) is 0 Å². The fourth-order valence-corrected chi connectivity index (χ4v) is 3.72. The smallest absolute Gasteiger partial charge is 0.296 e. The van der Waals surface area contributed by atoms with Crippen LogP contribution in [0.1, 0.15) is 0 Å². The molecule has 2 aromatic rings. The first kappa shape index (κ1) is 19.9. The normalized spacial score (nSPS) is 18.6. The van der Waals surface area contributed by atoms with Crippen molar-refractivity contribution in [1.29, 1.82) is 0 Å². The van der Waals surface area contributed by atoms with Gasteiger partial charge in [-0.05, 0) is 18.2 Å². The van der Waals surface area contributed by atoms with Crippen molar-refractivity contribution in [2.45, 2.75) is 0 Å². The molecule has 0 radical (unpaired) electrons. The van der Waals surface area contributed by atoms with Crippen LogP contribution in [0.4, 0.5) is 17.8 Å². The van der Waals surface area contributed by atoms with E-state index in [0.29, 0.717) is 91.7 Å². The van der Waals surface area contributed by atoms with E-state index < -0.39 is 0 Å². The number of morpholine rings is 2. The van der Waals surface area contributed by atoms with Crippen molar-refractivity contribution in [3.8, 4) is 0 Å². The molecular weight excluding hydrogens is 424 g/mol. The van der Waals surface area contributed by atoms with Crippen molar-refractivity contribution < 1.29 is 14.3 Å². The van der Waals surface area contributed by atoms with Crippen molar-refractivity contribution in [1.82, 2.24) is 20.4 Å². The first-order valence-electron chi connectivity index (χ1n) is 10.0. The minimum absolute atomic E-state index is 0.291. The number of benzene rings is 1. The third kappa shape index (κ3) is 4.24. The predicted octanol–water partition coefficient (Wildman–Crippen LogP) is -0.917. The van der Waals surface area contributed by atoms with Gasteiger partial charge >= 0.3 is 0 Å². The zero-order valence-corrected chi connectivity index (χ0v) is 17.4. The van der Waals surface area contributed by atoms with E-state index in [1.165, 1.54) is 0 Å². The van der Waals surface area contributed by atoms with Crippen molar-refractivity contribution in [3.05, 3.63) is 33.8 Å². The minimum Gasteiger partial charge on any atom is -0.378 e. The number of carbonyl (C=O) groups is 1. The van der Waals surface area contributed by atoms with Crippen LogP contribution in [0.3, 0.4) is 0 Å². The molecule has 1 amide bonds. The van der Waals surface area contributed by atoms with Gasteiger partial charge in [-0.15, -0.1) is 0 Å². The van der Waals surface area contributed by atoms with Gasteiger partial charge in [0, 0.05) is 36.4 Å². The Morgan fingerprint density at radius 1 is 0.871 bits per heavy atom. The number of ether oxygens (including phenoxy) is 2. The molecule has 3 aliphatic rings. The summed E-state index contributed by atoms with van der Waals surface area (Å²) in [4.78, 5) is 34.2. The highest BCUT2D eigenvalue weighted by Gasteiger charge is 2.22. The fourth-order valence-electron chi connectivity index (χ4n) is 3.55. The van der Waals surface area contributed by atoms with E-state index in [1.807, 2.05) is 0 Å². The number of hydrazine groups is 1. The number of carbonyl (C=O) groups excluding carboxylic acids is 1. The molecule has 0 atom stereocenters. The van der Waals surface area contributed by atoms with Gasteiger partial charge in [-0.2, -0.15) is 15.0 Å². The van der Waals surface area contributed by atoms with Gasteiger partial charge in [0.25, 0.3) is 5.91 Å². The molecule has 4 heterocycles. The van der Waals surface area contributed by atoms with Crippen LogP contribution in [0.15, 0.2) is 23.2 Å². The number of nitrogens with zero attached hydrogens (tertiary/aromatic N) is 6. The summed E-state index contributed by atoms with van der Waals surface area (Å²) in [6.07, 6.45) is 0. The van der Waals surface area contributed by atoms with Gasteiger partial charge in [0.05, 0.1) is 31.8 Å². The Morgan fingerprint density at radius 3 is 2.10 bits per heavy atom. The van der Waals surface area contributed by atoms with Crippen LogP contribution in [0.5, 0.6) is 0 Å². The predicted molar refractivity (Wildman–Crippen MR) is 113 cm³/mol. The second kappa shape index (κ2) is 8.61. The Hall–Kier alpha value is -3.02. The number of rotatable bonds is 5. The first-order valence-corrected chi connectivity index (χ1v) is 10.4. The van der Waals surface area contributed by atoms with E-state index in [1.54, 1.807) is 18.2 Å². The van der Waals surface area contributed by atoms with Gasteiger partial charge in [-0.3, -0.25) is 15.6 Å². The lowest BCUT2D eigenvalue weighted by atomic mass is 10.2. The van der Waals surface area contributed by atoms with E-state index >= 15 is 0 Å². The van der Waals surface area contributed by atoms with Gasteiger partial charge in [0.1, 0.15) is 5.70 Å². The average molecular weight is 445 g/mol. The monoisotopic (exact) mass is 444 g/mol. The van der Waals surface area contributed by atoms with Gasteiger partial charge in [-0.25, -0.2) is 4.99 Å². The standard InChI is InChI=1S/C19H21ClN8O3/c20-12-1-2-14-13(11-12)15(16(29)21-14)25-26-17-22-18(27-3-7-30-8-4-27)24-19(23-17)28-5-9-31-10-6-28/h1-2,11H,3-10H2,(H,21,25,29)(H,22,23,24,26). The molecule has 5 rings (SSSR count). The number of anilines is 3. The van der Waals surface area contributed by atoms with Crippen molar-refractivity contribution in [2.24, 2.45) is 4.99 Å². The molecule has 3 aliphatic heterocycles. The fraction of sp³-hybridized carbons (Fsp3) is 0.421. The molecule has 0 bridgehead atoms. The number of fused-ring (bicyclic) bond motifs is 1. The lowest BCUT2D eigenvalue weighted by Gasteiger charge is -2.30. The highest BCUT2D eigenvalue weighted by atomic mass is 35.5. The summed E-state index contributed by atoms with van der Waals surface area (Å²) < 4.78 is 10.9. The molecule has 0 unspecified atom stereocenters. The molecule has 2 saturated heterocycles. The topological polar surface area (TPSA) is 117 Å². The van der Waals surface area contributed by atoms with Crippen LogP contribution < -0.4 is 31.2 Å². The zero-order chi connectivity index (χ0) is 21.2. The highest BCUT2D eigenvalue weighted by Crippen LogP contribution is 2.18. The maximum atomic E-state index is 12.3. The molecule has 1 aromatic carbocycles. The van der Waals surface area contributed by atoms with Crippen LogP contribution in [0.2, 0.25) is 5.02 Å². The molecule has 12 heteroatoms. The van der Waals surface area contributed by atoms with E-state index in [-0.39, 0.29) is 5.91 Å². The van der Waals surface area contributed by atoms with Crippen LogP contribution >= 0.6 is 11.6 Å². The number of amides is 1. The number of halogens is 1. The Bertz CT molecular complexity index is 1080. The van der Waals surface area contributed by atoms with Crippen molar-refractivity contribution >= 4 is 41.1 Å². The maximum Gasteiger partial charge on any atom is 0.296 e. The van der Waals surface area contributed by atoms with Gasteiger partial charge < -0.3 is 19.3 Å². The first-order chi connectivity index (χ1) is 15.2. The molecular formula is C19H21ClN8O3. The van der Waals surface area contributed by atoms with E-state index in [4.69, 9.17) is 21.1 Å². The molecule has 31 heavy (non-hydrogen) atoms. The summed E-state index contributed by atoms with van der Waals surface area (Å²) in [5.41, 5.74) is 6.15. The lowest BCUT2D eigenvalue weighted by molar-refractivity contribution is -0.112. The number of nitrogens with one attached hydrogen (secondary N) is 2. The lowest BCUT2D eigenvalue weighted by Crippen LogP contribution is -2.40. The van der Waals surface area contributed by atoms with E-state index in [2.05, 4.69) is 40.6 Å². The summed E-state index contributed by atoms with van der Waals surface area (Å²) in [5, 5.41) is 1.71. The quantitative estimate of drug-likeness (QED) is 0.561. The molecule has 1 aromatic heterocycles. The molecule has 0 aliphatic carbocycles. The zero-order valence-electron chi connectivity index (χ0n) is 16.7. The van der Waals surface area contributed by atoms with Gasteiger partial charge in [0.2, 0.25) is 17.8 Å². The third-order valence-corrected chi connectivity index (χ3v) is 5.40. The molecule has 0 saturated carbocycles. The Balaban J connectivity index is 1.44. The largest absolute Gasteiger partial charge is 0.378 e. The SMILES string of the molecule is O=C1N=c2ccc(Cl)cc2=C1NNc1nc(N2CCOCC2)nc(N2CCOCC2)n1. The summed E-state index contributed by atoms with van der Waals surface area (Å²) in [6, 6.07) is 5.10. The van der Waals surface area contributed by atoms with E-state index in [9.17, 15) is 4.79 Å². The molecule has 11 nitrogen and oxygen atoms in total. The molecule has 162 valence electrons. The van der Waals surface area contributed by atoms with Crippen LogP contribution in [-0.2, 0) is 14.3 Å². The summed E-state index contributed by atoms with van der Waals surface area (Å²) >= 11 is 6.09. The van der Waals surface area contributed by atoms with Crippen LogP contribution in [-0.4, -0.2) is 73.5 Å². The van der Waals surface area contributed by atoms with E-state index in [0.717, 1.165) is 0 Å². The second-order valence-corrected chi connectivity index (χ2v) is 7.60. The van der Waals surface area contributed by atoms with Crippen LogP contribution in [0.25, 0.3) is 5.70 Å². The summed E-state index contributed by atoms with van der Waals surface area (Å²) in [7, 11) is 0. The third-order valence-electron chi connectivity index (χ3n) is 5.16. The minimum atomic E-state index is -0.388. The number of hydrogen-bond acceptors (Lipinski definition) is 10. The molecule has 2 fully saturated rings. The van der Waals surface area contributed by atoms with Crippen molar-refractivity contribution in [3.63, 3.8) is 0 Å². The highest BCUT2D eigenvalue weighted by molar-refractivity contribution is 6.30. The Labute approximate surface area is 182 Å². The van der Waals surface area contributed by atoms with Gasteiger partial charge in [0.15, 0.2) is 0 Å². The Kier molecular flexibility index (Phi) is 5.53. The van der Waals surface area contributed by atoms with Gasteiger partial charge in [-0.1, -0.05) is 11.6 Å². The molecule has 0 spiro atoms. The molecule has 2 N–H and O–H groups in total.